The number of ether oxygens (including phenoxy) is 2. The van der Waals surface area contributed by atoms with Crippen LogP contribution in [-0.4, -0.2) is 43.8 Å². The molecule has 0 spiro atoms. The summed E-state index contributed by atoms with van der Waals surface area (Å²) >= 11 is 0. The first kappa shape index (κ1) is 15.0. The van der Waals surface area contributed by atoms with Crippen LogP contribution in [-0.2, 0) is 22.6 Å². The Hall–Kier alpha value is -1.43. The fourth-order valence-electron chi connectivity index (χ4n) is 2.23. The molecule has 20 heavy (non-hydrogen) atoms. The van der Waals surface area contributed by atoms with Gasteiger partial charge in [-0.25, -0.2) is 0 Å². The van der Waals surface area contributed by atoms with Crippen LogP contribution in [0.4, 0.5) is 0 Å². The van der Waals surface area contributed by atoms with Crippen molar-refractivity contribution in [2.75, 3.05) is 34.0 Å². The molecular weight excluding hydrogens is 254 g/mol. The number of hydrogen-bond acceptors (Lipinski definition) is 4. The average Bonchev–Trinajstić information content (AvgIpc) is 2.82. The summed E-state index contributed by atoms with van der Waals surface area (Å²) in [7, 11) is 3.62. The van der Waals surface area contributed by atoms with Crippen LogP contribution in [0, 0.1) is 0 Å². The molecule has 0 fully saturated rings. The minimum atomic E-state index is 0.650. The molecule has 1 aromatic carbocycles. The number of nitrogens with one attached hydrogen (secondary N) is 1. The van der Waals surface area contributed by atoms with E-state index in [1.165, 1.54) is 10.9 Å². The van der Waals surface area contributed by atoms with E-state index in [0.717, 1.165) is 31.8 Å². The van der Waals surface area contributed by atoms with Crippen molar-refractivity contribution in [3.8, 4) is 0 Å². The van der Waals surface area contributed by atoms with Crippen molar-refractivity contribution < 1.29 is 9.47 Å². The SMILES string of the molecule is CNCc1nn(CCCOCCOC)c2ccccc12. The van der Waals surface area contributed by atoms with E-state index in [-0.39, 0.29) is 0 Å². The maximum Gasteiger partial charge on any atom is 0.0841 e. The molecule has 5 nitrogen and oxygen atoms in total. The Bertz CT molecular complexity index is 525. The first-order chi connectivity index (χ1) is 9.86. The molecular formula is C15H23N3O2. The van der Waals surface area contributed by atoms with Gasteiger partial charge in [-0.3, -0.25) is 4.68 Å². The van der Waals surface area contributed by atoms with Gasteiger partial charge in [0.1, 0.15) is 0 Å². The summed E-state index contributed by atoms with van der Waals surface area (Å²) in [5, 5.41) is 9.08. The molecule has 0 aliphatic heterocycles. The van der Waals surface area contributed by atoms with E-state index >= 15 is 0 Å². The molecule has 0 radical (unpaired) electrons. The number of aromatic nitrogens is 2. The van der Waals surface area contributed by atoms with Gasteiger partial charge in [0.15, 0.2) is 0 Å². The molecule has 2 rings (SSSR count). The van der Waals surface area contributed by atoms with Gasteiger partial charge in [-0.05, 0) is 19.5 Å². The maximum absolute atomic E-state index is 5.48. The minimum Gasteiger partial charge on any atom is -0.382 e. The van der Waals surface area contributed by atoms with E-state index in [1.54, 1.807) is 7.11 Å². The summed E-state index contributed by atoms with van der Waals surface area (Å²) in [6.45, 7) is 3.70. The third kappa shape index (κ3) is 3.79. The van der Waals surface area contributed by atoms with Crippen LogP contribution in [0.25, 0.3) is 10.9 Å². The van der Waals surface area contributed by atoms with Gasteiger partial charge in [0.25, 0.3) is 0 Å². The number of para-hydroxylation sites is 1. The topological polar surface area (TPSA) is 48.3 Å². The van der Waals surface area contributed by atoms with Gasteiger partial charge in [0.2, 0.25) is 0 Å². The third-order valence-corrected chi connectivity index (χ3v) is 3.17. The third-order valence-electron chi connectivity index (χ3n) is 3.17. The minimum absolute atomic E-state index is 0.650. The van der Waals surface area contributed by atoms with E-state index in [1.807, 2.05) is 7.05 Å². The lowest BCUT2D eigenvalue weighted by Gasteiger charge is -2.05. The molecule has 0 bridgehead atoms. The van der Waals surface area contributed by atoms with Gasteiger partial charge in [-0.1, -0.05) is 18.2 Å². The molecule has 0 atom stereocenters. The molecule has 2 aromatic rings. The van der Waals surface area contributed by atoms with Crippen LogP contribution >= 0.6 is 0 Å². The normalized spacial score (nSPS) is 11.3. The number of benzene rings is 1. The molecule has 1 N–H and O–H groups in total. The summed E-state index contributed by atoms with van der Waals surface area (Å²) in [5.41, 5.74) is 2.29. The highest BCUT2D eigenvalue weighted by Gasteiger charge is 2.08. The average molecular weight is 277 g/mol. The molecule has 0 saturated carbocycles. The van der Waals surface area contributed by atoms with Crippen LogP contribution in [0.2, 0.25) is 0 Å². The van der Waals surface area contributed by atoms with E-state index < -0.39 is 0 Å². The second-order valence-electron chi connectivity index (χ2n) is 4.68. The zero-order valence-electron chi connectivity index (χ0n) is 12.3. The lowest BCUT2D eigenvalue weighted by Crippen LogP contribution is -2.09. The molecule has 0 unspecified atom stereocenters. The van der Waals surface area contributed by atoms with Crippen LogP contribution in [0.3, 0.4) is 0 Å². The smallest absolute Gasteiger partial charge is 0.0841 e. The van der Waals surface area contributed by atoms with E-state index in [4.69, 9.17) is 9.47 Å². The van der Waals surface area contributed by atoms with Gasteiger partial charge in [0.05, 0.1) is 24.4 Å². The molecule has 1 heterocycles. The monoisotopic (exact) mass is 277 g/mol. The predicted octanol–water partition coefficient (Wildman–Crippen LogP) is 1.81. The first-order valence-electron chi connectivity index (χ1n) is 7.02. The van der Waals surface area contributed by atoms with Crippen molar-refractivity contribution in [1.29, 1.82) is 0 Å². The molecule has 0 amide bonds. The lowest BCUT2D eigenvalue weighted by atomic mass is 10.2. The second kappa shape index (κ2) is 7.99. The fraction of sp³-hybridized carbons (Fsp3) is 0.533. The first-order valence-corrected chi connectivity index (χ1v) is 7.02. The molecule has 0 aliphatic carbocycles. The Kier molecular flexibility index (Phi) is 5.98. The van der Waals surface area contributed by atoms with E-state index in [2.05, 4.69) is 39.4 Å². The van der Waals surface area contributed by atoms with Crippen LogP contribution in [0.1, 0.15) is 12.1 Å². The standard InChI is InChI=1S/C15H23N3O2/c1-16-12-14-13-6-3-4-7-15(13)18(17-14)8-5-9-20-11-10-19-2/h3-4,6-7,16H,5,8-12H2,1-2H3. The summed E-state index contributed by atoms with van der Waals surface area (Å²) in [6.07, 6.45) is 0.953. The van der Waals surface area contributed by atoms with Crippen molar-refractivity contribution in [3.63, 3.8) is 0 Å². The Morgan fingerprint density at radius 3 is 2.85 bits per heavy atom. The molecule has 110 valence electrons. The number of nitrogens with zero attached hydrogens (tertiary/aromatic N) is 2. The number of methoxy groups -OCH3 is 1. The second-order valence-corrected chi connectivity index (χ2v) is 4.68. The molecule has 0 aliphatic rings. The van der Waals surface area contributed by atoms with E-state index in [0.29, 0.717) is 13.2 Å². The molecule has 5 heteroatoms. The summed E-state index contributed by atoms with van der Waals surface area (Å²) < 4.78 is 12.5. The largest absolute Gasteiger partial charge is 0.382 e. The highest BCUT2D eigenvalue weighted by atomic mass is 16.5. The highest BCUT2D eigenvalue weighted by Crippen LogP contribution is 2.18. The summed E-state index contributed by atoms with van der Waals surface area (Å²) in [6, 6.07) is 8.36. The lowest BCUT2D eigenvalue weighted by molar-refractivity contribution is 0.0678. The van der Waals surface area contributed by atoms with Crippen LogP contribution < -0.4 is 5.32 Å². The summed E-state index contributed by atoms with van der Waals surface area (Å²) in [5.74, 6) is 0. The Morgan fingerprint density at radius 2 is 2.05 bits per heavy atom. The fourth-order valence-corrected chi connectivity index (χ4v) is 2.23. The zero-order valence-corrected chi connectivity index (χ0v) is 12.3. The molecule has 0 saturated heterocycles. The number of rotatable bonds is 9. The number of aryl methyl sites for hydroxylation is 1. The van der Waals surface area contributed by atoms with Gasteiger partial charge in [0, 0.05) is 32.2 Å². The van der Waals surface area contributed by atoms with Gasteiger partial charge in [-0.2, -0.15) is 5.10 Å². The van der Waals surface area contributed by atoms with Gasteiger partial charge >= 0.3 is 0 Å². The van der Waals surface area contributed by atoms with Gasteiger partial charge in [-0.15, -0.1) is 0 Å². The maximum atomic E-state index is 5.48. The number of fused-ring (bicyclic) bond motifs is 1. The van der Waals surface area contributed by atoms with Crippen molar-refractivity contribution in [1.82, 2.24) is 15.1 Å². The summed E-state index contributed by atoms with van der Waals surface area (Å²) in [4.78, 5) is 0. The van der Waals surface area contributed by atoms with Crippen molar-refractivity contribution >= 4 is 10.9 Å². The van der Waals surface area contributed by atoms with Gasteiger partial charge < -0.3 is 14.8 Å². The Morgan fingerprint density at radius 1 is 1.20 bits per heavy atom. The van der Waals surface area contributed by atoms with Crippen molar-refractivity contribution in [2.24, 2.45) is 0 Å². The van der Waals surface area contributed by atoms with Crippen LogP contribution in [0.5, 0.6) is 0 Å². The Labute approximate surface area is 119 Å². The van der Waals surface area contributed by atoms with Crippen molar-refractivity contribution in [3.05, 3.63) is 30.0 Å². The molecule has 1 aromatic heterocycles. The van der Waals surface area contributed by atoms with Crippen LogP contribution in [0.15, 0.2) is 24.3 Å². The van der Waals surface area contributed by atoms with Crippen molar-refractivity contribution in [2.45, 2.75) is 19.5 Å². The predicted molar refractivity (Wildman–Crippen MR) is 79.8 cm³/mol. The van der Waals surface area contributed by atoms with E-state index in [9.17, 15) is 0 Å². The number of hydrogen-bond donors (Lipinski definition) is 1. The zero-order chi connectivity index (χ0) is 14.2. The Balaban J connectivity index is 1.95. The highest BCUT2D eigenvalue weighted by molar-refractivity contribution is 5.81. The quantitative estimate of drug-likeness (QED) is 0.710.